The summed E-state index contributed by atoms with van der Waals surface area (Å²) in [6, 6.07) is 10.6. The maximum Gasteiger partial charge on any atom is 0.0598 e. The van der Waals surface area contributed by atoms with E-state index in [0.717, 1.165) is 18.5 Å². The van der Waals surface area contributed by atoms with Gasteiger partial charge in [-0.1, -0.05) is 50.0 Å². The van der Waals surface area contributed by atoms with Gasteiger partial charge in [0.05, 0.1) is 10.0 Å². The van der Waals surface area contributed by atoms with E-state index in [1.165, 1.54) is 9.75 Å². The van der Waals surface area contributed by atoms with Gasteiger partial charge >= 0.3 is 0 Å². The third-order valence-electron chi connectivity index (χ3n) is 3.42. The molecule has 2 rings (SSSR count). The smallest absolute Gasteiger partial charge is 0.0598 e. The summed E-state index contributed by atoms with van der Waals surface area (Å²) >= 11 is 13.9. The van der Waals surface area contributed by atoms with E-state index in [2.05, 4.69) is 38.2 Å². The van der Waals surface area contributed by atoms with Crippen LogP contribution >= 0.6 is 34.5 Å². The highest BCUT2D eigenvalue weighted by molar-refractivity contribution is 7.15. The Morgan fingerprint density at radius 3 is 2.48 bits per heavy atom. The van der Waals surface area contributed by atoms with Crippen molar-refractivity contribution < 1.29 is 0 Å². The molecule has 2 aromatic rings. The van der Waals surface area contributed by atoms with Gasteiger partial charge in [-0.2, -0.15) is 0 Å². The molecule has 1 atom stereocenters. The second kappa shape index (κ2) is 7.64. The van der Waals surface area contributed by atoms with Crippen LogP contribution in [0.5, 0.6) is 0 Å². The highest BCUT2D eigenvalue weighted by Gasteiger charge is 2.17. The maximum absolute atomic E-state index is 6.11. The van der Waals surface area contributed by atoms with Gasteiger partial charge in [-0.15, -0.1) is 11.3 Å². The van der Waals surface area contributed by atoms with E-state index in [0.29, 0.717) is 22.0 Å². The minimum atomic E-state index is 0.409. The molecule has 0 radical (unpaired) electrons. The van der Waals surface area contributed by atoms with Gasteiger partial charge in [-0.05, 0) is 48.7 Å². The van der Waals surface area contributed by atoms with Gasteiger partial charge in [0.15, 0.2) is 0 Å². The minimum Gasteiger partial charge on any atom is -0.309 e. The van der Waals surface area contributed by atoms with Gasteiger partial charge in [0.1, 0.15) is 0 Å². The van der Waals surface area contributed by atoms with Crippen LogP contribution in [0, 0.1) is 5.92 Å². The molecular formula is C17H21Cl2NS. The van der Waals surface area contributed by atoms with E-state index in [1.54, 1.807) is 0 Å². The van der Waals surface area contributed by atoms with Crippen LogP contribution in [0.4, 0.5) is 0 Å². The number of hydrogen-bond acceptors (Lipinski definition) is 2. The maximum atomic E-state index is 6.11. The van der Waals surface area contributed by atoms with Crippen molar-refractivity contribution in [1.82, 2.24) is 5.32 Å². The molecule has 114 valence electrons. The Morgan fingerprint density at radius 1 is 1.10 bits per heavy atom. The Bertz CT molecular complexity index is 592. The molecule has 0 saturated carbocycles. The lowest BCUT2D eigenvalue weighted by molar-refractivity contribution is 0.418. The molecule has 0 amide bonds. The predicted molar refractivity (Wildman–Crippen MR) is 95.6 cm³/mol. The fourth-order valence-corrected chi connectivity index (χ4v) is 3.84. The first-order valence-corrected chi connectivity index (χ1v) is 8.88. The van der Waals surface area contributed by atoms with Crippen molar-refractivity contribution >= 4 is 34.5 Å². The van der Waals surface area contributed by atoms with Crippen LogP contribution in [0.2, 0.25) is 10.0 Å². The largest absolute Gasteiger partial charge is 0.309 e. The summed E-state index contributed by atoms with van der Waals surface area (Å²) in [7, 11) is 0. The Morgan fingerprint density at radius 2 is 1.86 bits per heavy atom. The third kappa shape index (κ3) is 4.23. The zero-order valence-corrected chi connectivity index (χ0v) is 14.9. The van der Waals surface area contributed by atoms with Gasteiger partial charge in [-0.25, -0.2) is 0 Å². The SMILES string of the molecule is CCCNC(c1ccc(-c2ccc(Cl)c(Cl)c2)s1)C(C)C. The second-order valence-electron chi connectivity index (χ2n) is 5.51. The molecule has 1 nitrogen and oxygen atoms in total. The number of rotatable bonds is 6. The van der Waals surface area contributed by atoms with Gasteiger partial charge in [0.25, 0.3) is 0 Å². The van der Waals surface area contributed by atoms with Crippen LogP contribution in [0.3, 0.4) is 0 Å². The molecule has 1 heterocycles. The molecule has 1 unspecified atom stereocenters. The zero-order chi connectivity index (χ0) is 15.4. The highest BCUT2D eigenvalue weighted by atomic mass is 35.5. The quantitative estimate of drug-likeness (QED) is 0.639. The van der Waals surface area contributed by atoms with Crippen LogP contribution < -0.4 is 5.32 Å². The highest BCUT2D eigenvalue weighted by Crippen LogP contribution is 2.36. The summed E-state index contributed by atoms with van der Waals surface area (Å²) in [5.74, 6) is 0.567. The summed E-state index contributed by atoms with van der Waals surface area (Å²) in [4.78, 5) is 2.60. The summed E-state index contributed by atoms with van der Waals surface area (Å²) < 4.78 is 0. The normalized spacial score (nSPS) is 12.9. The van der Waals surface area contributed by atoms with Crippen LogP contribution in [0.15, 0.2) is 30.3 Å². The molecule has 0 bridgehead atoms. The van der Waals surface area contributed by atoms with Crippen molar-refractivity contribution in [2.45, 2.75) is 33.2 Å². The first-order valence-electron chi connectivity index (χ1n) is 7.31. The van der Waals surface area contributed by atoms with Crippen LogP contribution in [-0.4, -0.2) is 6.54 Å². The molecule has 0 saturated heterocycles. The number of thiophene rings is 1. The van der Waals surface area contributed by atoms with Crippen molar-refractivity contribution in [3.05, 3.63) is 45.3 Å². The first kappa shape index (κ1) is 16.8. The number of nitrogens with one attached hydrogen (secondary N) is 1. The van der Waals surface area contributed by atoms with Crippen molar-refractivity contribution in [3.63, 3.8) is 0 Å². The average Bonchev–Trinajstić information content (AvgIpc) is 2.91. The molecule has 1 N–H and O–H groups in total. The fraction of sp³-hybridized carbons (Fsp3) is 0.412. The van der Waals surface area contributed by atoms with E-state index < -0.39 is 0 Å². The molecule has 1 aromatic carbocycles. The van der Waals surface area contributed by atoms with Crippen molar-refractivity contribution in [3.8, 4) is 10.4 Å². The monoisotopic (exact) mass is 341 g/mol. The summed E-state index contributed by atoms with van der Waals surface area (Å²) in [6.07, 6.45) is 1.15. The Kier molecular flexibility index (Phi) is 6.12. The summed E-state index contributed by atoms with van der Waals surface area (Å²) in [6.45, 7) is 7.75. The van der Waals surface area contributed by atoms with E-state index in [4.69, 9.17) is 23.2 Å². The lowest BCUT2D eigenvalue weighted by Gasteiger charge is -2.20. The number of hydrogen-bond donors (Lipinski definition) is 1. The Balaban J connectivity index is 2.25. The molecule has 0 aliphatic rings. The molecule has 1 aromatic heterocycles. The van der Waals surface area contributed by atoms with Crippen molar-refractivity contribution in [2.75, 3.05) is 6.54 Å². The molecule has 0 spiro atoms. The van der Waals surface area contributed by atoms with Gasteiger partial charge in [0, 0.05) is 15.8 Å². The van der Waals surface area contributed by atoms with Gasteiger partial charge < -0.3 is 5.32 Å². The van der Waals surface area contributed by atoms with E-state index >= 15 is 0 Å². The van der Waals surface area contributed by atoms with Crippen LogP contribution in [-0.2, 0) is 0 Å². The van der Waals surface area contributed by atoms with Gasteiger partial charge in [-0.3, -0.25) is 0 Å². The Labute approximate surface area is 141 Å². The standard InChI is InChI=1S/C17H21Cl2NS/c1-4-9-20-17(11(2)3)16-8-7-15(21-16)12-5-6-13(18)14(19)10-12/h5-8,10-11,17,20H,4,9H2,1-3H3. The first-order chi connectivity index (χ1) is 10.0. The summed E-state index contributed by atoms with van der Waals surface area (Å²) in [5.41, 5.74) is 1.12. The summed E-state index contributed by atoms with van der Waals surface area (Å²) in [5, 5.41) is 4.84. The van der Waals surface area contributed by atoms with E-state index in [-0.39, 0.29) is 0 Å². The van der Waals surface area contributed by atoms with E-state index in [9.17, 15) is 0 Å². The molecule has 21 heavy (non-hydrogen) atoms. The number of halogens is 2. The average molecular weight is 342 g/mol. The fourth-order valence-electron chi connectivity index (χ4n) is 2.29. The lowest BCUT2D eigenvalue weighted by Crippen LogP contribution is -2.25. The molecular weight excluding hydrogens is 321 g/mol. The minimum absolute atomic E-state index is 0.409. The molecule has 0 aliphatic carbocycles. The zero-order valence-electron chi connectivity index (χ0n) is 12.6. The topological polar surface area (TPSA) is 12.0 Å². The van der Waals surface area contributed by atoms with E-state index in [1.807, 2.05) is 29.5 Å². The third-order valence-corrected chi connectivity index (χ3v) is 5.37. The van der Waals surface area contributed by atoms with Crippen molar-refractivity contribution in [1.29, 1.82) is 0 Å². The molecule has 0 aliphatic heterocycles. The number of benzene rings is 1. The van der Waals surface area contributed by atoms with Gasteiger partial charge in [0.2, 0.25) is 0 Å². The van der Waals surface area contributed by atoms with Crippen molar-refractivity contribution in [2.24, 2.45) is 5.92 Å². The second-order valence-corrected chi connectivity index (χ2v) is 7.44. The predicted octanol–water partition coefficient (Wildman–Crippen LogP) is 6.42. The van der Waals surface area contributed by atoms with Crippen LogP contribution in [0.25, 0.3) is 10.4 Å². The molecule has 4 heteroatoms. The molecule has 0 fully saturated rings. The Hall–Kier alpha value is -0.540. The van der Waals surface area contributed by atoms with Crippen LogP contribution in [0.1, 0.15) is 38.1 Å². The lowest BCUT2D eigenvalue weighted by atomic mass is 10.0.